The zero-order chi connectivity index (χ0) is 13.8. The molecule has 1 nitrogen and oxygen atoms in total. The minimum absolute atomic E-state index is 0.359. The molecular weight excluding hydrogens is 277 g/mol. The van der Waals surface area contributed by atoms with Gasteiger partial charge >= 0.3 is 0 Å². The third-order valence-electron chi connectivity index (χ3n) is 4.17. The van der Waals surface area contributed by atoms with Crippen molar-refractivity contribution in [2.75, 3.05) is 6.54 Å². The first-order valence-corrected chi connectivity index (χ1v) is 8.05. The summed E-state index contributed by atoms with van der Waals surface area (Å²) in [6.45, 7) is 5.48. The molecule has 1 aromatic carbocycles. The molecule has 1 fully saturated rings. The molecule has 106 valence electrons. The SMILES string of the molecule is CCNC(c1ccc(Cl)cc1Cl)C1CCCC(C)C1. The summed E-state index contributed by atoms with van der Waals surface area (Å²) in [5.74, 6) is 1.51. The lowest BCUT2D eigenvalue weighted by molar-refractivity contribution is 0.225. The Balaban J connectivity index is 2.23. The van der Waals surface area contributed by atoms with E-state index in [1.54, 1.807) is 0 Å². The van der Waals surface area contributed by atoms with E-state index in [1.165, 1.54) is 31.2 Å². The molecule has 3 atom stereocenters. The van der Waals surface area contributed by atoms with E-state index in [9.17, 15) is 0 Å². The van der Waals surface area contributed by atoms with Crippen LogP contribution < -0.4 is 5.32 Å². The molecule has 3 unspecified atom stereocenters. The Bertz CT molecular complexity index is 419. The number of hydrogen-bond donors (Lipinski definition) is 1. The molecule has 0 aliphatic heterocycles. The Morgan fingerprint density at radius 2 is 2.11 bits per heavy atom. The third kappa shape index (κ3) is 3.87. The van der Waals surface area contributed by atoms with Gasteiger partial charge < -0.3 is 5.32 Å². The predicted molar refractivity (Wildman–Crippen MR) is 84.0 cm³/mol. The first kappa shape index (κ1) is 15.2. The molecule has 0 saturated heterocycles. The van der Waals surface area contributed by atoms with Crippen LogP contribution in [-0.2, 0) is 0 Å². The average Bonchev–Trinajstić information content (AvgIpc) is 2.37. The van der Waals surface area contributed by atoms with Gasteiger partial charge in [-0.2, -0.15) is 0 Å². The third-order valence-corrected chi connectivity index (χ3v) is 4.73. The van der Waals surface area contributed by atoms with E-state index >= 15 is 0 Å². The van der Waals surface area contributed by atoms with Crippen LogP contribution in [0.15, 0.2) is 18.2 Å². The zero-order valence-corrected chi connectivity index (χ0v) is 13.3. The molecule has 0 bridgehead atoms. The Morgan fingerprint density at radius 1 is 1.32 bits per heavy atom. The van der Waals surface area contributed by atoms with Crippen molar-refractivity contribution in [3.63, 3.8) is 0 Å². The maximum atomic E-state index is 6.39. The van der Waals surface area contributed by atoms with E-state index < -0.39 is 0 Å². The minimum Gasteiger partial charge on any atom is -0.310 e. The molecule has 1 aromatic rings. The molecular formula is C16H23Cl2N. The van der Waals surface area contributed by atoms with Crippen LogP contribution >= 0.6 is 23.2 Å². The molecule has 19 heavy (non-hydrogen) atoms. The summed E-state index contributed by atoms with van der Waals surface area (Å²) in [4.78, 5) is 0. The highest BCUT2D eigenvalue weighted by Crippen LogP contribution is 2.39. The summed E-state index contributed by atoms with van der Waals surface area (Å²) >= 11 is 12.4. The second-order valence-electron chi connectivity index (χ2n) is 5.73. The topological polar surface area (TPSA) is 12.0 Å². The number of nitrogens with one attached hydrogen (secondary N) is 1. The average molecular weight is 300 g/mol. The second kappa shape index (κ2) is 6.97. The number of halogens is 2. The highest BCUT2D eigenvalue weighted by Gasteiger charge is 2.28. The van der Waals surface area contributed by atoms with Gasteiger partial charge in [0.25, 0.3) is 0 Å². The maximum absolute atomic E-state index is 6.39. The lowest BCUT2D eigenvalue weighted by atomic mass is 9.76. The van der Waals surface area contributed by atoms with E-state index in [4.69, 9.17) is 23.2 Å². The van der Waals surface area contributed by atoms with Crippen LogP contribution in [0.1, 0.15) is 51.1 Å². The van der Waals surface area contributed by atoms with Gasteiger partial charge in [-0.1, -0.05) is 56.0 Å². The number of rotatable bonds is 4. The monoisotopic (exact) mass is 299 g/mol. The maximum Gasteiger partial charge on any atom is 0.0468 e. The Morgan fingerprint density at radius 3 is 2.74 bits per heavy atom. The van der Waals surface area contributed by atoms with Crippen molar-refractivity contribution in [3.8, 4) is 0 Å². The van der Waals surface area contributed by atoms with Crippen LogP contribution in [-0.4, -0.2) is 6.54 Å². The normalized spacial score (nSPS) is 25.3. The fourth-order valence-corrected chi connectivity index (χ4v) is 3.81. The predicted octanol–water partition coefficient (Wildman–Crippen LogP) is 5.47. The first-order valence-electron chi connectivity index (χ1n) is 7.30. The van der Waals surface area contributed by atoms with Gasteiger partial charge in [-0.05, 0) is 48.9 Å². The molecule has 0 amide bonds. The highest BCUT2D eigenvalue weighted by atomic mass is 35.5. The molecule has 0 radical (unpaired) electrons. The molecule has 1 N–H and O–H groups in total. The summed E-state index contributed by atoms with van der Waals surface area (Å²) in [5.41, 5.74) is 1.20. The molecule has 0 aromatic heterocycles. The van der Waals surface area contributed by atoms with Crippen LogP contribution in [0.3, 0.4) is 0 Å². The smallest absolute Gasteiger partial charge is 0.0468 e. The summed E-state index contributed by atoms with van der Waals surface area (Å²) in [7, 11) is 0. The zero-order valence-electron chi connectivity index (χ0n) is 11.8. The van der Waals surface area contributed by atoms with Gasteiger partial charge in [0.05, 0.1) is 0 Å². The van der Waals surface area contributed by atoms with Crippen molar-refractivity contribution in [1.82, 2.24) is 5.32 Å². The molecule has 0 heterocycles. The van der Waals surface area contributed by atoms with E-state index in [0.717, 1.165) is 17.5 Å². The fraction of sp³-hybridized carbons (Fsp3) is 0.625. The Labute approximate surface area is 126 Å². The lowest BCUT2D eigenvalue weighted by Gasteiger charge is -2.34. The number of benzene rings is 1. The van der Waals surface area contributed by atoms with Crippen LogP contribution in [0.2, 0.25) is 10.0 Å². The second-order valence-corrected chi connectivity index (χ2v) is 6.58. The Hall–Kier alpha value is -0.240. The van der Waals surface area contributed by atoms with Crippen molar-refractivity contribution in [1.29, 1.82) is 0 Å². The quantitative estimate of drug-likeness (QED) is 0.777. The van der Waals surface area contributed by atoms with Gasteiger partial charge in [0.2, 0.25) is 0 Å². The van der Waals surface area contributed by atoms with Crippen molar-refractivity contribution >= 4 is 23.2 Å². The van der Waals surface area contributed by atoms with E-state index in [0.29, 0.717) is 17.0 Å². The molecule has 1 saturated carbocycles. The van der Waals surface area contributed by atoms with Gasteiger partial charge in [0, 0.05) is 16.1 Å². The van der Waals surface area contributed by atoms with Gasteiger partial charge in [-0.3, -0.25) is 0 Å². The van der Waals surface area contributed by atoms with Crippen LogP contribution in [0.4, 0.5) is 0 Å². The highest BCUT2D eigenvalue weighted by molar-refractivity contribution is 6.35. The van der Waals surface area contributed by atoms with E-state index in [1.807, 2.05) is 12.1 Å². The standard InChI is InChI=1S/C16H23Cl2N/c1-3-19-16(12-6-4-5-11(2)9-12)14-8-7-13(17)10-15(14)18/h7-8,10-12,16,19H,3-6,9H2,1-2H3. The first-order chi connectivity index (χ1) is 9.11. The van der Waals surface area contributed by atoms with Crippen molar-refractivity contribution in [2.24, 2.45) is 11.8 Å². The number of hydrogen-bond acceptors (Lipinski definition) is 1. The summed E-state index contributed by atoms with van der Waals surface area (Å²) in [6.07, 6.45) is 5.28. The van der Waals surface area contributed by atoms with Crippen molar-refractivity contribution < 1.29 is 0 Å². The van der Waals surface area contributed by atoms with Gasteiger partial charge in [0.1, 0.15) is 0 Å². The molecule has 1 aliphatic rings. The molecule has 2 rings (SSSR count). The summed E-state index contributed by atoms with van der Waals surface area (Å²) in [5, 5.41) is 5.12. The fourth-order valence-electron chi connectivity index (χ4n) is 3.29. The van der Waals surface area contributed by atoms with E-state index in [2.05, 4.69) is 25.2 Å². The molecule has 0 spiro atoms. The van der Waals surface area contributed by atoms with Crippen LogP contribution in [0.25, 0.3) is 0 Å². The van der Waals surface area contributed by atoms with E-state index in [-0.39, 0.29) is 0 Å². The largest absolute Gasteiger partial charge is 0.310 e. The van der Waals surface area contributed by atoms with Gasteiger partial charge in [-0.15, -0.1) is 0 Å². The summed E-state index contributed by atoms with van der Waals surface area (Å²) < 4.78 is 0. The molecule has 1 aliphatic carbocycles. The van der Waals surface area contributed by atoms with Crippen molar-refractivity contribution in [2.45, 2.75) is 45.6 Å². The summed E-state index contributed by atoms with van der Waals surface area (Å²) in [6, 6.07) is 6.24. The minimum atomic E-state index is 0.359. The van der Waals surface area contributed by atoms with Crippen LogP contribution in [0.5, 0.6) is 0 Å². The van der Waals surface area contributed by atoms with Gasteiger partial charge in [-0.25, -0.2) is 0 Å². The Kier molecular flexibility index (Phi) is 5.56. The van der Waals surface area contributed by atoms with Crippen molar-refractivity contribution in [3.05, 3.63) is 33.8 Å². The van der Waals surface area contributed by atoms with Crippen LogP contribution in [0, 0.1) is 11.8 Å². The lowest BCUT2D eigenvalue weighted by Crippen LogP contribution is -2.31. The van der Waals surface area contributed by atoms with Gasteiger partial charge in [0.15, 0.2) is 0 Å². The molecule has 3 heteroatoms.